The minimum Gasteiger partial charge on any atom is -0.393 e. The van der Waals surface area contributed by atoms with Crippen LogP contribution < -0.4 is 0 Å². The molecule has 1 aliphatic carbocycles. The molecule has 0 aromatic rings. The van der Waals surface area contributed by atoms with Gasteiger partial charge in [0.05, 0.1) is 12.2 Å². The molecule has 0 unspecified atom stereocenters. The van der Waals surface area contributed by atoms with Gasteiger partial charge in [-0.05, 0) is 12.2 Å². The SMILES string of the molecule is CCCSC1(C#N)CC(O)C1. The monoisotopic (exact) mass is 171 g/mol. The summed E-state index contributed by atoms with van der Waals surface area (Å²) in [6, 6.07) is 2.28. The van der Waals surface area contributed by atoms with Gasteiger partial charge in [-0.2, -0.15) is 5.26 Å². The second-order valence-corrected chi connectivity index (χ2v) is 4.50. The zero-order valence-corrected chi connectivity index (χ0v) is 7.52. The largest absolute Gasteiger partial charge is 0.393 e. The molecule has 1 fully saturated rings. The van der Waals surface area contributed by atoms with E-state index in [9.17, 15) is 0 Å². The molecule has 0 radical (unpaired) electrons. The molecule has 0 spiro atoms. The van der Waals surface area contributed by atoms with Gasteiger partial charge in [0.25, 0.3) is 0 Å². The first-order valence-corrected chi connectivity index (χ1v) is 4.94. The lowest BCUT2D eigenvalue weighted by Crippen LogP contribution is -2.43. The second-order valence-electron chi connectivity index (χ2n) is 3.02. The fraction of sp³-hybridized carbons (Fsp3) is 0.875. The molecule has 11 heavy (non-hydrogen) atoms. The molecule has 3 heteroatoms. The minimum atomic E-state index is -0.241. The standard InChI is InChI=1S/C8H13NOS/c1-2-3-11-8(6-9)4-7(10)5-8/h7,10H,2-5H2,1H3. The lowest BCUT2D eigenvalue weighted by molar-refractivity contribution is 0.0803. The minimum absolute atomic E-state index is 0.223. The highest BCUT2D eigenvalue weighted by Gasteiger charge is 2.44. The fourth-order valence-electron chi connectivity index (χ4n) is 1.24. The summed E-state index contributed by atoms with van der Waals surface area (Å²) in [5.41, 5.74) is 0. The van der Waals surface area contributed by atoms with E-state index in [1.54, 1.807) is 11.8 Å². The Balaban J connectivity index is 2.33. The van der Waals surface area contributed by atoms with Crippen molar-refractivity contribution in [2.24, 2.45) is 0 Å². The van der Waals surface area contributed by atoms with Crippen LogP contribution in [-0.4, -0.2) is 21.7 Å². The Labute approximate surface area is 71.6 Å². The number of thioether (sulfide) groups is 1. The molecule has 62 valence electrons. The van der Waals surface area contributed by atoms with E-state index in [4.69, 9.17) is 10.4 Å². The maximum Gasteiger partial charge on any atom is 0.107 e. The Morgan fingerprint density at radius 2 is 2.36 bits per heavy atom. The van der Waals surface area contributed by atoms with Crippen LogP contribution in [0.3, 0.4) is 0 Å². The predicted molar refractivity (Wildman–Crippen MR) is 46.3 cm³/mol. The van der Waals surface area contributed by atoms with Crippen LogP contribution in [0.25, 0.3) is 0 Å². The Bertz CT molecular complexity index is 169. The first kappa shape index (κ1) is 8.89. The molecule has 1 rings (SSSR count). The van der Waals surface area contributed by atoms with Crippen molar-refractivity contribution in [2.45, 2.75) is 37.0 Å². The molecule has 0 atom stereocenters. The third-order valence-electron chi connectivity index (χ3n) is 1.92. The van der Waals surface area contributed by atoms with Gasteiger partial charge in [0.1, 0.15) is 4.75 Å². The quantitative estimate of drug-likeness (QED) is 0.700. The lowest BCUT2D eigenvalue weighted by atomic mass is 9.82. The first-order chi connectivity index (χ1) is 5.22. The average Bonchev–Trinajstić information content (AvgIpc) is 1.96. The van der Waals surface area contributed by atoms with Crippen LogP contribution in [0.1, 0.15) is 26.2 Å². The number of aliphatic hydroxyl groups excluding tert-OH is 1. The first-order valence-electron chi connectivity index (χ1n) is 3.96. The van der Waals surface area contributed by atoms with Crippen molar-refractivity contribution in [2.75, 3.05) is 5.75 Å². The van der Waals surface area contributed by atoms with Crippen LogP contribution in [0, 0.1) is 11.3 Å². The van der Waals surface area contributed by atoms with Crippen molar-refractivity contribution in [1.82, 2.24) is 0 Å². The highest BCUT2D eigenvalue weighted by Crippen LogP contribution is 2.43. The van der Waals surface area contributed by atoms with E-state index in [0.717, 1.165) is 12.2 Å². The molecular formula is C8H13NOS. The second kappa shape index (κ2) is 3.46. The summed E-state index contributed by atoms with van der Waals surface area (Å²) < 4.78 is -0.241. The summed E-state index contributed by atoms with van der Waals surface area (Å²) in [6.45, 7) is 2.10. The summed E-state index contributed by atoms with van der Waals surface area (Å²) in [5.74, 6) is 1.03. The molecule has 0 saturated heterocycles. The third kappa shape index (κ3) is 1.88. The van der Waals surface area contributed by atoms with E-state index in [0.29, 0.717) is 12.8 Å². The third-order valence-corrected chi connectivity index (χ3v) is 3.51. The maximum absolute atomic E-state index is 9.05. The van der Waals surface area contributed by atoms with Crippen LogP contribution in [0.15, 0.2) is 0 Å². The maximum atomic E-state index is 9.05. The van der Waals surface area contributed by atoms with E-state index in [1.165, 1.54) is 0 Å². The van der Waals surface area contributed by atoms with Gasteiger partial charge in [0.15, 0.2) is 0 Å². The van der Waals surface area contributed by atoms with Crippen LogP contribution in [0.2, 0.25) is 0 Å². The Morgan fingerprint density at radius 3 is 2.73 bits per heavy atom. The lowest BCUT2D eigenvalue weighted by Gasteiger charge is -2.38. The van der Waals surface area contributed by atoms with Crippen molar-refractivity contribution < 1.29 is 5.11 Å². The molecule has 1 saturated carbocycles. The topological polar surface area (TPSA) is 44.0 Å². The van der Waals surface area contributed by atoms with Gasteiger partial charge in [-0.25, -0.2) is 0 Å². The highest BCUT2D eigenvalue weighted by molar-refractivity contribution is 8.00. The van der Waals surface area contributed by atoms with E-state index >= 15 is 0 Å². The van der Waals surface area contributed by atoms with Gasteiger partial charge in [-0.1, -0.05) is 6.92 Å². The summed E-state index contributed by atoms with van der Waals surface area (Å²) in [7, 11) is 0. The van der Waals surface area contributed by atoms with E-state index in [-0.39, 0.29) is 10.9 Å². The van der Waals surface area contributed by atoms with Gasteiger partial charge in [-0.15, -0.1) is 11.8 Å². The Hall–Kier alpha value is -0.200. The summed E-state index contributed by atoms with van der Waals surface area (Å²) in [4.78, 5) is 0. The van der Waals surface area contributed by atoms with E-state index in [1.807, 2.05) is 0 Å². The van der Waals surface area contributed by atoms with Crippen molar-refractivity contribution in [3.63, 3.8) is 0 Å². The van der Waals surface area contributed by atoms with Gasteiger partial charge in [0.2, 0.25) is 0 Å². The number of aliphatic hydroxyl groups is 1. The van der Waals surface area contributed by atoms with Crippen LogP contribution in [0.4, 0.5) is 0 Å². The summed E-state index contributed by atoms with van der Waals surface area (Å²) in [6.07, 6.45) is 2.20. The van der Waals surface area contributed by atoms with Gasteiger partial charge >= 0.3 is 0 Å². The molecule has 1 aliphatic rings. The predicted octanol–water partition coefficient (Wildman–Crippen LogP) is 1.55. The molecule has 0 heterocycles. The normalized spacial score (nSPS) is 35.9. The molecule has 0 aliphatic heterocycles. The Morgan fingerprint density at radius 1 is 1.73 bits per heavy atom. The zero-order valence-electron chi connectivity index (χ0n) is 6.71. The zero-order chi connectivity index (χ0) is 8.32. The number of rotatable bonds is 3. The molecule has 0 bridgehead atoms. The number of nitriles is 1. The summed E-state index contributed by atoms with van der Waals surface area (Å²) >= 11 is 1.69. The van der Waals surface area contributed by atoms with Crippen LogP contribution in [0.5, 0.6) is 0 Å². The number of nitrogens with zero attached hydrogens (tertiary/aromatic N) is 1. The molecule has 1 N–H and O–H groups in total. The summed E-state index contributed by atoms with van der Waals surface area (Å²) in [5, 5.41) is 17.8. The molecule has 0 aromatic carbocycles. The van der Waals surface area contributed by atoms with E-state index in [2.05, 4.69) is 13.0 Å². The number of hydrogen-bond donors (Lipinski definition) is 1. The van der Waals surface area contributed by atoms with E-state index < -0.39 is 0 Å². The molecule has 0 aromatic heterocycles. The van der Waals surface area contributed by atoms with Crippen molar-refractivity contribution in [3.05, 3.63) is 0 Å². The Kier molecular flexibility index (Phi) is 2.80. The van der Waals surface area contributed by atoms with Gasteiger partial charge in [0, 0.05) is 12.8 Å². The van der Waals surface area contributed by atoms with Gasteiger partial charge in [-0.3, -0.25) is 0 Å². The molecular weight excluding hydrogens is 158 g/mol. The van der Waals surface area contributed by atoms with Gasteiger partial charge < -0.3 is 5.11 Å². The smallest absolute Gasteiger partial charge is 0.107 e. The van der Waals surface area contributed by atoms with Crippen LogP contribution >= 0.6 is 11.8 Å². The number of hydrogen-bond acceptors (Lipinski definition) is 3. The van der Waals surface area contributed by atoms with Crippen LogP contribution in [-0.2, 0) is 0 Å². The van der Waals surface area contributed by atoms with Crippen molar-refractivity contribution in [1.29, 1.82) is 5.26 Å². The van der Waals surface area contributed by atoms with Crippen molar-refractivity contribution in [3.8, 4) is 6.07 Å². The average molecular weight is 171 g/mol. The fourth-order valence-corrected chi connectivity index (χ4v) is 2.52. The molecule has 0 amide bonds. The highest BCUT2D eigenvalue weighted by atomic mass is 32.2. The molecule has 2 nitrogen and oxygen atoms in total. The van der Waals surface area contributed by atoms with Crippen molar-refractivity contribution >= 4 is 11.8 Å².